The van der Waals surface area contributed by atoms with E-state index in [4.69, 9.17) is 0 Å². The molecule has 0 aromatic rings. The van der Waals surface area contributed by atoms with Gasteiger partial charge in [-0.05, 0) is 75.0 Å². The summed E-state index contributed by atoms with van der Waals surface area (Å²) < 4.78 is 0. The van der Waals surface area contributed by atoms with Crippen molar-refractivity contribution in [3.8, 4) is 0 Å². The lowest BCUT2D eigenvalue weighted by Gasteiger charge is -2.62. The molecule has 16 heavy (non-hydrogen) atoms. The van der Waals surface area contributed by atoms with Crippen molar-refractivity contribution in [2.75, 3.05) is 0 Å². The van der Waals surface area contributed by atoms with Gasteiger partial charge in [-0.3, -0.25) is 0 Å². The first-order valence-corrected chi connectivity index (χ1v) is 6.88. The van der Waals surface area contributed by atoms with Gasteiger partial charge in [-0.2, -0.15) is 0 Å². The Morgan fingerprint density at radius 3 is 2.31 bits per heavy atom. The molecule has 4 bridgehead atoms. The van der Waals surface area contributed by atoms with Crippen LogP contribution in [0, 0.1) is 22.7 Å². The van der Waals surface area contributed by atoms with Gasteiger partial charge in [-0.25, -0.2) is 0 Å². The second-order valence-electron chi connectivity index (χ2n) is 6.78. The number of allylic oxidation sites excluding steroid dienone is 3. The van der Waals surface area contributed by atoms with Crippen molar-refractivity contribution < 1.29 is 0 Å². The van der Waals surface area contributed by atoms with Crippen molar-refractivity contribution in [1.82, 2.24) is 0 Å². The fraction of sp³-hybridized carbons (Fsp3) is 0.750. The third-order valence-corrected chi connectivity index (χ3v) is 5.81. The molecular formula is C16H24. The standard InChI is InChI=1S/C16H24/c1-4-12(3)16-9-13-6-14(10-16)8-15(5-2,7-13)11-16/h4-5,13-14H,2,6-11H2,1,3H3/b12-4-. The van der Waals surface area contributed by atoms with Crippen LogP contribution in [0.1, 0.15) is 52.4 Å². The zero-order valence-corrected chi connectivity index (χ0v) is 10.8. The molecule has 0 aromatic heterocycles. The summed E-state index contributed by atoms with van der Waals surface area (Å²) in [6.45, 7) is 8.73. The van der Waals surface area contributed by atoms with Crippen molar-refractivity contribution in [2.24, 2.45) is 22.7 Å². The van der Waals surface area contributed by atoms with E-state index in [1.54, 1.807) is 5.57 Å². The molecule has 4 fully saturated rings. The second-order valence-corrected chi connectivity index (χ2v) is 6.78. The topological polar surface area (TPSA) is 0 Å². The summed E-state index contributed by atoms with van der Waals surface area (Å²) in [4.78, 5) is 0. The Morgan fingerprint density at radius 1 is 1.19 bits per heavy atom. The van der Waals surface area contributed by atoms with Gasteiger partial charge in [0.25, 0.3) is 0 Å². The van der Waals surface area contributed by atoms with Crippen molar-refractivity contribution in [3.05, 3.63) is 24.3 Å². The van der Waals surface area contributed by atoms with Gasteiger partial charge in [-0.1, -0.05) is 17.7 Å². The van der Waals surface area contributed by atoms with Crippen LogP contribution >= 0.6 is 0 Å². The van der Waals surface area contributed by atoms with E-state index in [1.165, 1.54) is 38.5 Å². The van der Waals surface area contributed by atoms with Crippen LogP contribution < -0.4 is 0 Å². The fourth-order valence-corrected chi connectivity index (χ4v) is 5.34. The van der Waals surface area contributed by atoms with Gasteiger partial charge in [0.2, 0.25) is 0 Å². The highest BCUT2D eigenvalue weighted by molar-refractivity contribution is 5.23. The van der Waals surface area contributed by atoms with Gasteiger partial charge in [0.1, 0.15) is 0 Å². The first-order valence-electron chi connectivity index (χ1n) is 6.88. The molecule has 4 rings (SSSR count). The minimum absolute atomic E-state index is 0.508. The van der Waals surface area contributed by atoms with E-state index < -0.39 is 0 Å². The maximum Gasteiger partial charge on any atom is -0.00774 e. The van der Waals surface area contributed by atoms with Crippen LogP contribution in [0.2, 0.25) is 0 Å². The molecule has 0 aliphatic heterocycles. The van der Waals surface area contributed by atoms with E-state index in [-0.39, 0.29) is 0 Å². The monoisotopic (exact) mass is 216 g/mol. The Kier molecular flexibility index (Phi) is 2.15. The van der Waals surface area contributed by atoms with E-state index >= 15 is 0 Å². The van der Waals surface area contributed by atoms with E-state index in [2.05, 4.69) is 32.6 Å². The molecule has 0 N–H and O–H groups in total. The summed E-state index contributed by atoms with van der Waals surface area (Å²) in [6.07, 6.45) is 13.4. The van der Waals surface area contributed by atoms with Gasteiger partial charge in [0.05, 0.1) is 0 Å². The van der Waals surface area contributed by atoms with E-state index in [1.807, 2.05) is 0 Å². The smallest absolute Gasteiger partial charge is 0.00774 e. The molecule has 0 amide bonds. The van der Waals surface area contributed by atoms with Gasteiger partial charge < -0.3 is 0 Å². The second kappa shape index (κ2) is 3.24. The minimum Gasteiger partial charge on any atom is -0.103 e. The molecule has 0 spiro atoms. The first-order chi connectivity index (χ1) is 7.61. The normalized spacial score (nSPS) is 50.8. The minimum atomic E-state index is 0.508. The highest BCUT2D eigenvalue weighted by Crippen LogP contribution is 2.67. The SMILES string of the molecule is C=CC12CC3CC(C1)CC(/C(C)=C\C)(C3)C2. The highest BCUT2D eigenvalue weighted by Gasteiger charge is 2.56. The maximum absolute atomic E-state index is 4.15. The molecule has 2 unspecified atom stereocenters. The number of rotatable bonds is 2. The zero-order valence-electron chi connectivity index (χ0n) is 10.8. The van der Waals surface area contributed by atoms with E-state index in [9.17, 15) is 0 Å². The van der Waals surface area contributed by atoms with E-state index in [0.29, 0.717) is 10.8 Å². The molecule has 0 nitrogen and oxygen atoms in total. The Balaban J connectivity index is 2.01. The Labute approximate surface area is 99.8 Å². The molecular weight excluding hydrogens is 192 g/mol. The predicted molar refractivity (Wildman–Crippen MR) is 69.2 cm³/mol. The Bertz CT molecular complexity index is 333. The van der Waals surface area contributed by atoms with Gasteiger partial charge in [-0.15, -0.1) is 6.58 Å². The third-order valence-electron chi connectivity index (χ3n) is 5.81. The van der Waals surface area contributed by atoms with Crippen molar-refractivity contribution >= 4 is 0 Å². The fourth-order valence-electron chi connectivity index (χ4n) is 5.34. The van der Waals surface area contributed by atoms with E-state index in [0.717, 1.165) is 11.8 Å². The lowest BCUT2D eigenvalue weighted by atomic mass is 9.43. The summed E-state index contributed by atoms with van der Waals surface area (Å²) in [5, 5.41) is 0. The van der Waals surface area contributed by atoms with Crippen LogP contribution in [-0.4, -0.2) is 0 Å². The molecule has 0 aromatic carbocycles. The largest absolute Gasteiger partial charge is 0.103 e. The molecule has 0 heterocycles. The van der Waals surface area contributed by atoms with Crippen LogP contribution in [0.4, 0.5) is 0 Å². The van der Waals surface area contributed by atoms with Crippen molar-refractivity contribution in [2.45, 2.75) is 52.4 Å². The lowest BCUT2D eigenvalue weighted by molar-refractivity contribution is -0.0679. The zero-order chi connectivity index (χ0) is 11.4. The van der Waals surface area contributed by atoms with Gasteiger partial charge in [0, 0.05) is 0 Å². The number of hydrogen-bond acceptors (Lipinski definition) is 0. The first kappa shape index (κ1) is 10.6. The van der Waals surface area contributed by atoms with Gasteiger partial charge >= 0.3 is 0 Å². The molecule has 0 heteroatoms. The highest BCUT2D eigenvalue weighted by atomic mass is 14.6. The van der Waals surface area contributed by atoms with Crippen molar-refractivity contribution in [1.29, 1.82) is 0 Å². The summed E-state index contributed by atoms with van der Waals surface area (Å²) in [5.74, 6) is 1.99. The average Bonchev–Trinajstić information content (AvgIpc) is 2.26. The number of hydrogen-bond donors (Lipinski definition) is 0. The Hall–Kier alpha value is -0.520. The quantitative estimate of drug-likeness (QED) is 0.586. The van der Waals surface area contributed by atoms with Crippen LogP contribution in [0.3, 0.4) is 0 Å². The molecule has 0 radical (unpaired) electrons. The summed E-state index contributed by atoms with van der Waals surface area (Å²) >= 11 is 0. The van der Waals surface area contributed by atoms with Crippen LogP contribution in [0.25, 0.3) is 0 Å². The molecule has 88 valence electrons. The molecule has 0 saturated heterocycles. The summed E-state index contributed by atoms with van der Waals surface area (Å²) in [5.41, 5.74) is 2.73. The summed E-state index contributed by atoms with van der Waals surface area (Å²) in [7, 11) is 0. The third kappa shape index (κ3) is 1.28. The summed E-state index contributed by atoms with van der Waals surface area (Å²) in [6, 6.07) is 0. The molecule has 4 saturated carbocycles. The molecule has 4 aliphatic carbocycles. The van der Waals surface area contributed by atoms with Crippen LogP contribution in [-0.2, 0) is 0 Å². The molecule has 2 atom stereocenters. The Morgan fingerprint density at radius 2 is 1.81 bits per heavy atom. The van der Waals surface area contributed by atoms with Crippen LogP contribution in [0.15, 0.2) is 24.3 Å². The van der Waals surface area contributed by atoms with Gasteiger partial charge in [0.15, 0.2) is 0 Å². The molecule has 4 aliphatic rings. The van der Waals surface area contributed by atoms with Crippen molar-refractivity contribution in [3.63, 3.8) is 0 Å². The lowest BCUT2D eigenvalue weighted by Crippen LogP contribution is -2.51. The average molecular weight is 216 g/mol. The maximum atomic E-state index is 4.15. The predicted octanol–water partition coefficient (Wildman–Crippen LogP) is 4.73. The van der Waals surface area contributed by atoms with Crippen LogP contribution in [0.5, 0.6) is 0 Å².